The van der Waals surface area contributed by atoms with Crippen molar-refractivity contribution in [2.75, 3.05) is 13.2 Å². The van der Waals surface area contributed by atoms with Gasteiger partial charge in [-0.25, -0.2) is 0 Å². The Bertz CT molecular complexity index is 205. The standard InChI is InChI=1S/C16H33NO/c1-5-10-17-16-8-7-14(6-2)12-15(16)9-11-18-13(3)4/h13-17H,5-12H2,1-4H3. The molecule has 0 amide bonds. The average molecular weight is 255 g/mol. The summed E-state index contributed by atoms with van der Waals surface area (Å²) in [5, 5.41) is 3.75. The monoisotopic (exact) mass is 255 g/mol. The number of ether oxygens (including phenoxy) is 1. The third-order valence-electron chi connectivity index (χ3n) is 4.26. The third-order valence-corrected chi connectivity index (χ3v) is 4.26. The molecule has 1 fully saturated rings. The van der Waals surface area contributed by atoms with E-state index in [1.165, 1.54) is 45.1 Å². The van der Waals surface area contributed by atoms with Gasteiger partial charge in [0.15, 0.2) is 0 Å². The van der Waals surface area contributed by atoms with Gasteiger partial charge in [-0.1, -0.05) is 20.3 Å². The van der Waals surface area contributed by atoms with E-state index in [1.54, 1.807) is 0 Å². The first-order valence-corrected chi connectivity index (χ1v) is 8.02. The molecule has 0 aromatic carbocycles. The fraction of sp³-hybridized carbons (Fsp3) is 1.00. The molecular formula is C16H33NO. The highest BCUT2D eigenvalue weighted by Crippen LogP contribution is 2.33. The maximum atomic E-state index is 5.74. The molecule has 1 rings (SSSR count). The predicted molar refractivity (Wildman–Crippen MR) is 78.9 cm³/mol. The second kappa shape index (κ2) is 8.92. The van der Waals surface area contributed by atoms with Crippen LogP contribution in [0.15, 0.2) is 0 Å². The van der Waals surface area contributed by atoms with Gasteiger partial charge in [0.2, 0.25) is 0 Å². The van der Waals surface area contributed by atoms with Crippen molar-refractivity contribution in [1.29, 1.82) is 0 Å². The van der Waals surface area contributed by atoms with Crippen molar-refractivity contribution in [3.05, 3.63) is 0 Å². The lowest BCUT2D eigenvalue weighted by molar-refractivity contribution is 0.0553. The lowest BCUT2D eigenvalue weighted by atomic mass is 9.75. The molecule has 1 aliphatic rings. The van der Waals surface area contributed by atoms with Gasteiger partial charge in [-0.2, -0.15) is 0 Å². The van der Waals surface area contributed by atoms with Crippen LogP contribution >= 0.6 is 0 Å². The van der Waals surface area contributed by atoms with E-state index in [1.807, 2.05) is 0 Å². The minimum absolute atomic E-state index is 0.373. The zero-order valence-corrected chi connectivity index (χ0v) is 12.9. The minimum atomic E-state index is 0.373. The van der Waals surface area contributed by atoms with Crippen molar-refractivity contribution < 1.29 is 4.74 Å². The number of rotatable bonds is 8. The van der Waals surface area contributed by atoms with E-state index in [2.05, 4.69) is 33.0 Å². The maximum absolute atomic E-state index is 5.74. The summed E-state index contributed by atoms with van der Waals surface area (Å²) in [6.07, 6.45) is 8.38. The molecule has 1 saturated carbocycles. The van der Waals surface area contributed by atoms with Crippen LogP contribution in [0, 0.1) is 11.8 Å². The number of hydrogen-bond acceptors (Lipinski definition) is 2. The predicted octanol–water partition coefficient (Wildman–Crippen LogP) is 4.00. The summed E-state index contributed by atoms with van der Waals surface area (Å²) in [6, 6.07) is 0.739. The van der Waals surface area contributed by atoms with Gasteiger partial charge in [-0.15, -0.1) is 0 Å². The normalized spacial score (nSPS) is 28.8. The van der Waals surface area contributed by atoms with Gasteiger partial charge < -0.3 is 10.1 Å². The molecule has 0 aromatic heterocycles. The molecule has 2 nitrogen and oxygen atoms in total. The summed E-state index contributed by atoms with van der Waals surface area (Å²) in [5.41, 5.74) is 0. The van der Waals surface area contributed by atoms with Gasteiger partial charge >= 0.3 is 0 Å². The van der Waals surface area contributed by atoms with Crippen molar-refractivity contribution in [3.8, 4) is 0 Å². The lowest BCUT2D eigenvalue weighted by Gasteiger charge is -2.36. The maximum Gasteiger partial charge on any atom is 0.0518 e. The Morgan fingerprint density at radius 2 is 2.00 bits per heavy atom. The molecule has 0 spiro atoms. The molecular weight excluding hydrogens is 222 g/mol. The molecule has 18 heavy (non-hydrogen) atoms. The van der Waals surface area contributed by atoms with Crippen LogP contribution in [0.1, 0.15) is 66.2 Å². The second-order valence-electron chi connectivity index (χ2n) is 6.12. The largest absolute Gasteiger partial charge is 0.379 e. The lowest BCUT2D eigenvalue weighted by Crippen LogP contribution is -2.41. The van der Waals surface area contributed by atoms with E-state index in [0.29, 0.717) is 6.10 Å². The van der Waals surface area contributed by atoms with Crippen molar-refractivity contribution in [1.82, 2.24) is 5.32 Å². The van der Waals surface area contributed by atoms with Crippen LogP contribution in [0.2, 0.25) is 0 Å². The molecule has 1 aliphatic carbocycles. The second-order valence-corrected chi connectivity index (χ2v) is 6.12. The van der Waals surface area contributed by atoms with Gasteiger partial charge in [0, 0.05) is 12.6 Å². The van der Waals surface area contributed by atoms with E-state index < -0.39 is 0 Å². The Morgan fingerprint density at radius 3 is 2.61 bits per heavy atom. The van der Waals surface area contributed by atoms with E-state index >= 15 is 0 Å². The topological polar surface area (TPSA) is 21.3 Å². The molecule has 0 bridgehead atoms. The number of nitrogens with one attached hydrogen (secondary N) is 1. The molecule has 3 atom stereocenters. The van der Waals surface area contributed by atoms with Gasteiger partial charge in [-0.05, 0) is 64.3 Å². The summed E-state index contributed by atoms with van der Waals surface area (Å²) in [4.78, 5) is 0. The Kier molecular flexibility index (Phi) is 7.92. The third kappa shape index (κ3) is 5.71. The smallest absolute Gasteiger partial charge is 0.0518 e. The van der Waals surface area contributed by atoms with Gasteiger partial charge in [0.1, 0.15) is 0 Å². The van der Waals surface area contributed by atoms with Crippen LogP contribution in [-0.4, -0.2) is 25.3 Å². The van der Waals surface area contributed by atoms with E-state index in [4.69, 9.17) is 4.74 Å². The zero-order chi connectivity index (χ0) is 13.4. The summed E-state index contributed by atoms with van der Waals surface area (Å²) in [5.74, 6) is 1.78. The highest BCUT2D eigenvalue weighted by molar-refractivity contribution is 4.84. The van der Waals surface area contributed by atoms with Crippen molar-refractivity contribution >= 4 is 0 Å². The van der Waals surface area contributed by atoms with Gasteiger partial charge in [0.05, 0.1) is 6.10 Å². The van der Waals surface area contributed by atoms with E-state index in [-0.39, 0.29) is 0 Å². The Morgan fingerprint density at radius 1 is 1.22 bits per heavy atom. The molecule has 0 aliphatic heterocycles. The molecule has 0 aromatic rings. The molecule has 0 radical (unpaired) electrons. The summed E-state index contributed by atoms with van der Waals surface area (Å²) in [7, 11) is 0. The Hall–Kier alpha value is -0.0800. The van der Waals surface area contributed by atoms with Crippen LogP contribution in [0.25, 0.3) is 0 Å². The molecule has 0 saturated heterocycles. The molecule has 2 heteroatoms. The van der Waals surface area contributed by atoms with Crippen molar-refractivity contribution in [2.24, 2.45) is 11.8 Å². The van der Waals surface area contributed by atoms with E-state index in [0.717, 1.165) is 24.5 Å². The summed E-state index contributed by atoms with van der Waals surface area (Å²) in [6.45, 7) is 10.9. The van der Waals surface area contributed by atoms with Crippen LogP contribution in [0.3, 0.4) is 0 Å². The first-order chi connectivity index (χ1) is 8.67. The molecule has 1 N–H and O–H groups in total. The fourth-order valence-electron chi connectivity index (χ4n) is 3.10. The highest BCUT2D eigenvalue weighted by atomic mass is 16.5. The SMILES string of the molecule is CCCNC1CCC(CC)CC1CCOC(C)C. The van der Waals surface area contributed by atoms with Gasteiger partial charge in [-0.3, -0.25) is 0 Å². The highest BCUT2D eigenvalue weighted by Gasteiger charge is 2.28. The van der Waals surface area contributed by atoms with Crippen LogP contribution in [0.4, 0.5) is 0 Å². The summed E-state index contributed by atoms with van der Waals surface area (Å²) >= 11 is 0. The summed E-state index contributed by atoms with van der Waals surface area (Å²) < 4.78 is 5.74. The zero-order valence-electron chi connectivity index (χ0n) is 12.9. The number of hydrogen-bond donors (Lipinski definition) is 1. The Labute approximate surface area is 114 Å². The Balaban J connectivity index is 2.38. The molecule has 3 unspecified atom stereocenters. The van der Waals surface area contributed by atoms with Crippen molar-refractivity contribution in [3.63, 3.8) is 0 Å². The van der Waals surface area contributed by atoms with Crippen LogP contribution in [-0.2, 0) is 4.74 Å². The first-order valence-electron chi connectivity index (χ1n) is 8.02. The van der Waals surface area contributed by atoms with Gasteiger partial charge in [0.25, 0.3) is 0 Å². The van der Waals surface area contributed by atoms with Crippen LogP contribution in [0.5, 0.6) is 0 Å². The van der Waals surface area contributed by atoms with Crippen LogP contribution < -0.4 is 5.32 Å². The molecule has 0 heterocycles. The van der Waals surface area contributed by atoms with E-state index in [9.17, 15) is 0 Å². The fourth-order valence-corrected chi connectivity index (χ4v) is 3.10. The average Bonchev–Trinajstić information content (AvgIpc) is 2.36. The first kappa shape index (κ1) is 16.0. The minimum Gasteiger partial charge on any atom is -0.379 e. The molecule has 108 valence electrons. The quantitative estimate of drug-likeness (QED) is 0.708. The van der Waals surface area contributed by atoms with Crippen molar-refractivity contribution in [2.45, 2.75) is 78.4 Å².